The van der Waals surface area contributed by atoms with E-state index in [2.05, 4.69) is 26.3 Å². The number of aromatic nitrogens is 1. The third kappa shape index (κ3) is 3.05. The molecule has 1 aromatic heterocycles. The number of nitrogens with zero attached hydrogens (tertiary/aromatic N) is 3. The molecule has 2 saturated heterocycles. The molecule has 2 fully saturated rings. The van der Waals surface area contributed by atoms with Gasteiger partial charge in [0, 0.05) is 31.9 Å². The van der Waals surface area contributed by atoms with Crippen molar-refractivity contribution in [3.05, 3.63) is 23.9 Å². The van der Waals surface area contributed by atoms with E-state index in [0.717, 1.165) is 18.4 Å². The quantitative estimate of drug-likeness (QED) is 0.626. The summed E-state index contributed by atoms with van der Waals surface area (Å²) in [6, 6.07) is 4.88. The Morgan fingerprint density at radius 2 is 2.16 bits per heavy atom. The number of hydrogen-bond donors (Lipinski definition) is 2. The number of rotatable bonds is 4. The monoisotopic (exact) mass is 261 g/mol. The highest BCUT2D eigenvalue weighted by atomic mass is 15.3. The Balaban J connectivity index is 1.56. The summed E-state index contributed by atoms with van der Waals surface area (Å²) in [5.74, 6) is 6.14. The fourth-order valence-corrected chi connectivity index (χ4v) is 3.27. The van der Waals surface area contributed by atoms with Crippen molar-refractivity contribution in [3.63, 3.8) is 0 Å². The molecule has 2 aliphatic heterocycles. The molecule has 0 saturated carbocycles. The van der Waals surface area contributed by atoms with Gasteiger partial charge in [-0.15, -0.1) is 0 Å². The minimum Gasteiger partial charge on any atom is -0.308 e. The molecular formula is C14H23N5. The first-order chi connectivity index (χ1) is 9.35. The first-order valence-electron chi connectivity index (χ1n) is 7.23. The maximum Gasteiger partial charge on any atom is 0.140 e. The molecule has 0 aliphatic carbocycles. The number of nitrogen functional groups attached to an aromatic ring is 1. The van der Waals surface area contributed by atoms with Crippen LogP contribution in [0.2, 0.25) is 0 Å². The van der Waals surface area contributed by atoms with Gasteiger partial charge < -0.3 is 5.43 Å². The molecule has 5 nitrogen and oxygen atoms in total. The zero-order valence-electron chi connectivity index (χ0n) is 11.4. The Labute approximate surface area is 114 Å². The van der Waals surface area contributed by atoms with Gasteiger partial charge in [0.1, 0.15) is 5.82 Å². The third-order valence-corrected chi connectivity index (χ3v) is 4.28. The minimum atomic E-state index is 0.743. The lowest BCUT2D eigenvalue weighted by atomic mass is 10.2. The molecule has 1 atom stereocenters. The number of likely N-dealkylation sites (tertiary alicyclic amines) is 2. The first-order valence-corrected chi connectivity index (χ1v) is 7.23. The number of nitrogens with two attached hydrogens (primary N) is 1. The van der Waals surface area contributed by atoms with Crippen LogP contribution in [0.15, 0.2) is 18.3 Å². The van der Waals surface area contributed by atoms with E-state index in [4.69, 9.17) is 5.84 Å². The smallest absolute Gasteiger partial charge is 0.140 e. The highest BCUT2D eigenvalue weighted by molar-refractivity contribution is 5.35. The number of nitrogens with one attached hydrogen (secondary N) is 1. The Morgan fingerprint density at radius 3 is 2.95 bits per heavy atom. The summed E-state index contributed by atoms with van der Waals surface area (Å²) in [6.45, 7) is 6.01. The van der Waals surface area contributed by atoms with Gasteiger partial charge in [0.2, 0.25) is 0 Å². The van der Waals surface area contributed by atoms with E-state index in [1.54, 1.807) is 0 Å². The standard InChI is InChI=1S/C14H23N5/c15-17-14-9-12(3-5-16-14)10-18-8-4-13(11-18)19-6-1-2-7-19/h3,5,9,13H,1-2,4,6-8,10-11,15H2,(H,16,17). The molecule has 3 N–H and O–H groups in total. The van der Waals surface area contributed by atoms with E-state index in [0.29, 0.717) is 0 Å². The number of pyridine rings is 1. The van der Waals surface area contributed by atoms with Crippen molar-refractivity contribution in [1.29, 1.82) is 0 Å². The number of anilines is 1. The van der Waals surface area contributed by atoms with E-state index >= 15 is 0 Å². The molecule has 0 bridgehead atoms. The second kappa shape index (κ2) is 5.86. The van der Waals surface area contributed by atoms with Crippen LogP contribution in [-0.2, 0) is 6.54 Å². The highest BCUT2D eigenvalue weighted by Gasteiger charge is 2.28. The zero-order valence-corrected chi connectivity index (χ0v) is 11.4. The zero-order chi connectivity index (χ0) is 13.1. The molecule has 104 valence electrons. The van der Waals surface area contributed by atoms with Crippen LogP contribution < -0.4 is 11.3 Å². The summed E-state index contributed by atoms with van der Waals surface area (Å²) in [5.41, 5.74) is 3.89. The molecular weight excluding hydrogens is 238 g/mol. The second-order valence-corrected chi connectivity index (χ2v) is 5.61. The lowest BCUT2D eigenvalue weighted by Gasteiger charge is -2.23. The average Bonchev–Trinajstić information content (AvgIpc) is 3.09. The lowest BCUT2D eigenvalue weighted by molar-refractivity contribution is 0.230. The largest absolute Gasteiger partial charge is 0.308 e. The van der Waals surface area contributed by atoms with Gasteiger partial charge >= 0.3 is 0 Å². The summed E-state index contributed by atoms with van der Waals surface area (Å²) in [5, 5.41) is 0. The topological polar surface area (TPSA) is 57.4 Å². The van der Waals surface area contributed by atoms with Crippen molar-refractivity contribution in [2.45, 2.75) is 31.8 Å². The summed E-state index contributed by atoms with van der Waals surface area (Å²) in [7, 11) is 0. The lowest BCUT2D eigenvalue weighted by Crippen LogP contribution is -2.35. The van der Waals surface area contributed by atoms with Crippen molar-refractivity contribution < 1.29 is 0 Å². The van der Waals surface area contributed by atoms with E-state index in [1.807, 2.05) is 12.3 Å². The van der Waals surface area contributed by atoms with E-state index in [-0.39, 0.29) is 0 Å². The SMILES string of the molecule is NNc1cc(CN2CCC(N3CCCC3)C2)ccn1. The van der Waals surface area contributed by atoms with Crippen LogP contribution in [0.5, 0.6) is 0 Å². The molecule has 1 aromatic rings. The van der Waals surface area contributed by atoms with Gasteiger partial charge in [-0.2, -0.15) is 0 Å². The normalized spacial score (nSPS) is 25.0. The van der Waals surface area contributed by atoms with Crippen molar-refractivity contribution in [2.24, 2.45) is 5.84 Å². The second-order valence-electron chi connectivity index (χ2n) is 5.61. The Morgan fingerprint density at radius 1 is 1.32 bits per heavy atom. The van der Waals surface area contributed by atoms with Crippen molar-refractivity contribution >= 4 is 5.82 Å². The molecule has 0 amide bonds. The van der Waals surface area contributed by atoms with E-state index < -0.39 is 0 Å². The Kier molecular flexibility index (Phi) is 3.96. The van der Waals surface area contributed by atoms with Crippen LogP contribution in [0, 0.1) is 0 Å². The average molecular weight is 261 g/mol. The summed E-state index contributed by atoms with van der Waals surface area (Å²) in [6.07, 6.45) is 5.89. The minimum absolute atomic E-state index is 0.743. The molecule has 1 unspecified atom stereocenters. The van der Waals surface area contributed by atoms with Gasteiger partial charge in [0.15, 0.2) is 0 Å². The third-order valence-electron chi connectivity index (χ3n) is 4.28. The molecule has 3 heterocycles. The number of hydrazine groups is 1. The predicted octanol–water partition coefficient (Wildman–Crippen LogP) is 1.04. The predicted molar refractivity (Wildman–Crippen MR) is 76.5 cm³/mol. The van der Waals surface area contributed by atoms with Crippen LogP contribution in [-0.4, -0.2) is 47.0 Å². The van der Waals surface area contributed by atoms with Gasteiger partial charge in [-0.25, -0.2) is 10.8 Å². The maximum atomic E-state index is 5.40. The van der Waals surface area contributed by atoms with Gasteiger partial charge in [-0.05, 0) is 50.0 Å². The molecule has 0 radical (unpaired) electrons. The summed E-state index contributed by atoms with van der Waals surface area (Å²) < 4.78 is 0. The van der Waals surface area contributed by atoms with Crippen LogP contribution in [0.25, 0.3) is 0 Å². The van der Waals surface area contributed by atoms with E-state index in [1.165, 1.54) is 51.0 Å². The molecule has 5 heteroatoms. The van der Waals surface area contributed by atoms with Gasteiger partial charge in [-0.3, -0.25) is 9.80 Å². The van der Waals surface area contributed by atoms with Crippen LogP contribution in [0.4, 0.5) is 5.82 Å². The molecule has 3 rings (SSSR count). The molecule has 2 aliphatic rings. The Hall–Kier alpha value is -1.17. The van der Waals surface area contributed by atoms with Crippen molar-refractivity contribution in [1.82, 2.24) is 14.8 Å². The van der Waals surface area contributed by atoms with Crippen molar-refractivity contribution in [2.75, 3.05) is 31.6 Å². The summed E-state index contributed by atoms with van der Waals surface area (Å²) in [4.78, 5) is 9.35. The van der Waals surface area contributed by atoms with Gasteiger partial charge in [0.05, 0.1) is 0 Å². The van der Waals surface area contributed by atoms with Crippen LogP contribution in [0.3, 0.4) is 0 Å². The number of hydrogen-bond acceptors (Lipinski definition) is 5. The summed E-state index contributed by atoms with van der Waals surface area (Å²) >= 11 is 0. The van der Waals surface area contributed by atoms with Gasteiger partial charge in [0.25, 0.3) is 0 Å². The van der Waals surface area contributed by atoms with Crippen LogP contribution >= 0.6 is 0 Å². The van der Waals surface area contributed by atoms with E-state index in [9.17, 15) is 0 Å². The van der Waals surface area contributed by atoms with Crippen molar-refractivity contribution in [3.8, 4) is 0 Å². The fraction of sp³-hybridized carbons (Fsp3) is 0.643. The fourth-order valence-electron chi connectivity index (χ4n) is 3.27. The molecule has 0 aromatic carbocycles. The highest BCUT2D eigenvalue weighted by Crippen LogP contribution is 2.22. The van der Waals surface area contributed by atoms with Gasteiger partial charge in [-0.1, -0.05) is 0 Å². The molecule has 19 heavy (non-hydrogen) atoms. The maximum absolute atomic E-state index is 5.40. The molecule has 0 spiro atoms. The van der Waals surface area contributed by atoms with Crippen LogP contribution in [0.1, 0.15) is 24.8 Å². The Bertz CT molecular complexity index is 416. The first kappa shape index (κ1) is 12.8.